The molecule has 1 amide bonds. The van der Waals surface area contributed by atoms with Gasteiger partial charge in [-0.3, -0.25) is 4.79 Å². The zero-order chi connectivity index (χ0) is 17.1. The number of rotatable bonds is 4. The molecule has 1 aromatic heterocycles. The van der Waals surface area contributed by atoms with Gasteiger partial charge in [0.05, 0.1) is 17.2 Å². The molecular formula is C18H19N5O. The molecule has 0 saturated carbocycles. The molecule has 6 heteroatoms. The summed E-state index contributed by atoms with van der Waals surface area (Å²) in [4.78, 5) is 18.6. The predicted octanol–water partition coefficient (Wildman–Crippen LogP) is 2.40. The number of carbonyl (C=O) groups excluding carboxylic acids is 1. The maximum atomic E-state index is 12.1. The lowest BCUT2D eigenvalue weighted by Crippen LogP contribution is -2.18. The fourth-order valence-corrected chi connectivity index (χ4v) is 2.40. The summed E-state index contributed by atoms with van der Waals surface area (Å²) >= 11 is 0. The van der Waals surface area contributed by atoms with E-state index in [1.165, 1.54) is 0 Å². The fraction of sp³-hybridized carbons (Fsp3) is 0.167. The molecule has 0 aliphatic carbocycles. The van der Waals surface area contributed by atoms with Gasteiger partial charge in [0.25, 0.3) is 5.91 Å². The van der Waals surface area contributed by atoms with Gasteiger partial charge in [0.15, 0.2) is 5.82 Å². The maximum Gasteiger partial charge on any atom is 0.271 e. The molecule has 1 N–H and O–H groups in total. The second kappa shape index (κ2) is 6.54. The summed E-state index contributed by atoms with van der Waals surface area (Å²) in [7, 11) is 5.82. The zero-order valence-electron chi connectivity index (χ0n) is 13.9. The number of hydrogen-bond donors (Lipinski definition) is 1. The summed E-state index contributed by atoms with van der Waals surface area (Å²) in [5.74, 6) is 0.426. The van der Waals surface area contributed by atoms with Crippen LogP contribution in [0, 0.1) is 0 Å². The van der Waals surface area contributed by atoms with E-state index in [0.29, 0.717) is 11.4 Å². The molecule has 0 bridgehead atoms. The van der Waals surface area contributed by atoms with Gasteiger partial charge in [0.2, 0.25) is 0 Å². The summed E-state index contributed by atoms with van der Waals surface area (Å²) < 4.78 is 1.93. The Morgan fingerprint density at radius 3 is 2.54 bits per heavy atom. The van der Waals surface area contributed by atoms with Crippen LogP contribution in [0.3, 0.4) is 0 Å². The van der Waals surface area contributed by atoms with Crippen LogP contribution in [0.2, 0.25) is 0 Å². The number of para-hydroxylation sites is 2. The Kier molecular flexibility index (Phi) is 4.29. The number of hydrogen-bond acceptors (Lipinski definition) is 4. The largest absolute Gasteiger partial charge is 0.378 e. The van der Waals surface area contributed by atoms with Gasteiger partial charge in [-0.1, -0.05) is 12.1 Å². The fourth-order valence-electron chi connectivity index (χ4n) is 2.40. The maximum absolute atomic E-state index is 12.1. The third kappa shape index (κ3) is 3.12. The molecule has 6 nitrogen and oxygen atoms in total. The van der Waals surface area contributed by atoms with E-state index in [1.54, 1.807) is 18.3 Å². The number of hydrazone groups is 1. The number of aryl methyl sites for hydroxylation is 1. The summed E-state index contributed by atoms with van der Waals surface area (Å²) in [6.45, 7) is 0. The average molecular weight is 321 g/mol. The van der Waals surface area contributed by atoms with Gasteiger partial charge in [-0.2, -0.15) is 5.10 Å². The molecule has 0 radical (unpaired) electrons. The number of nitrogens with zero attached hydrogens (tertiary/aromatic N) is 4. The van der Waals surface area contributed by atoms with Gasteiger partial charge in [-0.05, 0) is 36.4 Å². The van der Waals surface area contributed by atoms with E-state index in [2.05, 4.69) is 15.5 Å². The first kappa shape index (κ1) is 15.7. The lowest BCUT2D eigenvalue weighted by molar-refractivity contribution is 0.0955. The number of nitrogens with one attached hydrogen (secondary N) is 1. The second-order valence-electron chi connectivity index (χ2n) is 5.66. The standard InChI is InChI=1S/C18H19N5O/c1-22(2)14-10-8-13(9-11-14)18(24)21-19-12-17-20-15-6-4-5-7-16(15)23(17)3/h4-12H,1-3H3,(H,21,24)/b19-12+. The van der Waals surface area contributed by atoms with E-state index in [0.717, 1.165) is 16.7 Å². The van der Waals surface area contributed by atoms with Crippen molar-refractivity contribution in [2.75, 3.05) is 19.0 Å². The number of anilines is 1. The highest BCUT2D eigenvalue weighted by Crippen LogP contribution is 2.13. The van der Waals surface area contributed by atoms with Crippen LogP contribution in [0.4, 0.5) is 5.69 Å². The van der Waals surface area contributed by atoms with Crippen molar-refractivity contribution in [2.24, 2.45) is 12.1 Å². The van der Waals surface area contributed by atoms with Crippen LogP contribution >= 0.6 is 0 Å². The third-order valence-electron chi connectivity index (χ3n) is 3.81. The summed E-state index contributed by atoms with van der Waals surface area (Å²) in [6, 6.07) is 15.2. The van der Waals surface area contributed by atoms with Gasteiger partial charge in [0, 0.05) is 32.4 Å². The van der Waals surface area contributed by atoms with E-state index in [4.69, 9.17) is 0 Å². The molecule has 122 valence electrons. The van der Waals surface area contributed by atoms with Crippen molar-refractivity contribution in [3.8, 4) is 0 Å². The van der Waals surface area contributed by atoms with Crippen LogP contribution in [-0.4, -0.2) is 35.8 Å². The van der Waals surface area contributed by atoms with Crippen molar-refractivity contribution in [3.05, 3.63) is 59.9 Å². The van der Waals surface area contributed by atoms with Gasteiger partial charge in [-0.15, -0.1) is 0 Å². The van der Waals surface area contributed by atoms with Gasteiger partial charge in [-0.25, -0.2) is 10.4 Å². The van der Waals surface area contributed by atoms with Crippen molar-refractivity contribution in [3.63, 3.8) is 0 Å². The quantitative estimate of drug-likeness (QED) is 0.593. The first-order chi connectivity index (χ1) is 11.6. The Morgan fingerprint density at radius 1 is 1.17 bits per heavy atom. The Morgan fingerprint density at radius 2 is 1.88 bits per heavy atom. The lowest BCUT2D eigenvalue weighted by atomic mass is 10.2. The molecule has 2 aromatic carbocycles. The van der Waals surface area contributed by atoms with Crippen LogP contribution < -0.4 is 10.3 Å². The third-order valence-corrected chi connectivity index (χ3v) is 3.81. The lowest BCUT2D eigenvalue weighted by Gasteiger charge is -2.12. The van der Waals surface area contributed by atoms with Gasteiger partial charge in [0.1, 0.15) is 0 Å². The smallest absolute Gasteiger partial charge is 0.271 e. The van der Waals surface area contributed by atoms with E-state index >= 15 is 0 Å². The monoisotopic (exact) mass is 321 g/mol. The minimum Gasteiger partial charge on any atom is -0.378 e. The van der Waals surface area contributed by atoms with Crippen LogP contribution in [-0.2, 0) is 7.05 Å². The van der Waals surface area contributed by atoms with Crippen molar-refractivity contribution < 1.29 is 4.79 Å². The summed E-state index contributed by atoms with van der Waals surface area (Å²) in [6.07, 6.45) is 1.55. The molecule has 0 saturated heterocycles. The number of benzene rings is 2. The molecule has 3 rings (SSSR count). The topological polar surface area (TPSA) is 62.5 Å². The first-order valence-electron chi connectivity index (χ1n) is 7.58. The number of fused-ring (bicyclic) bond motifs is 1. The molecule has 0 aliphatic rings. The minimum atomic E-state index is -0.254. The Hall–Kier alpha value is -3.15. The van der Waals surface area contributed by atoms with Crippen LogP contribution in [0.1, 0.15) is 16.2 Å². The second-order valence-corrected chi connectivity index (χ2v) is 5.66. The first-order valence-corrected chi connectivity index (χ1v) is 7.58. The van der Waals surface area contributed by atoms with Crippen molar-refractivity contribution in [1.82, 2.24) is 15.0 Å². The van der Waals surface area contributed by atoms with E-state index in [9.17, 15) is 4.79 Å². The molecule has 24 heavy (non-hydrogen) atoms. The van der Waals surface area contributed by atoms with Crippen molar-refractivity contribution in [1.29, 1.82) is 0 Å². The molecule has 0 spiro atoms. The van der Waals surface area contributed by atoms with Crippen LogP contribution in [0.25, 0.3) is 11.0 Å². The zero-order valence-corrected chi connectivity index (χ0v) is 13.9. The van der Waals surface area contributed by atoms with Crippen LogP contribution in [0.15, 0.2) is 53.6 Å². The van der Waals surface area contributed by atoms with Gasteiger partial charge < -0.3 is 9.47 Å². The number of amides is 1. The molecular weight excluding hydrogens is 302 g/mol. The summed E-state index contributed by atoms with van der Waals surface area (Å²) in [5, 5.41) is 4.01. The number of aromatic nitrogens is 2. The van der Waals surface area contributed by atoms with E-state index in [1.807, 2.05) is 67.0 Å². The highest BCUT2D eigenvalue weighted by atomic mass is 16.2. The predicted molar refractivity (Wildman–Crippen MR) is 96.5 cm³/mol. The molecule has 0 fully saturated rings. The Bertz CT molecular complexity index is 893. The van der Waals surface area contributed by atoms with Crippen molar-refractivity contribution in [2.45, 2.75) is 0 Å². The SMILES string of the molecule is CN(C)c1ccc(C(=O)N/N=C/c2nc3ccccc3n2C)cc1. The number of carbonyl (C=O) groups is 1. The van der Waals surface area contributed by atoms with Gasteiger partial charge >= 0.3 is 0 Å². The average Bonchev–Trinajstić information content (AvgIpc) is 2.91. The highest BCUT2D eigenvalue weighted by molar-refractivity contribution is 5.95. The van der Waals surface area contributed by atoms with E-state index < -0.39 is 0 Å². The molecule has 0 unspecified atom stereocenters. The molecule has 0 atom stereocenters. The highest BCUT2D eigenvalue weighted by Gasteiger charge is 2.06. The summed E-state index contributed by atoms with van der Waals surface area (Å²) in [5.41, 5.74) is 6.04. The van der Waals surface area contributed by atoms with Crippen LogP contribution in [0.5, 0.6) is 0 Å². The van der Waals surface area contributed by atoms with E-state index in [-0.39, 0.29) is 5.91 Å². The van der Waals surface area contributed by atoms with Crippen molar-refractivity contribution >= 4 is 28.8 Å². The molecule has 0 aliphatic heterocycles. The molecule has 3 aromatic rings. The molecule has 1 heterocycles. The Balaban J connectivity index is 1.70. The minimum absolute atomic E-state index is 0.254. The number of imidazole rings is 1. The Labute approximate surface area is 140 Å². The normalized spacial score (nSPS) is 11.1.